The number of carbonyl (C=O) groups is 1. The van der Waals surface area contributed by atoms with Crippen LogP contribution in [0.3, 0.4) is 0 Å². The number of aromatic nitrogens is 2. The summed E-state index contributed by atoms with van der Waals surface area (Å²) >= 11 is 0. The summed E-state index contributed by atoms with van der Waals surface area (Å²) in [4.78, 5) is 10.7. The highest BCUT2D eigenvalue weighted by Crippen LogP contribution is 1.95. The molecule has 4 heteroatoms. The molecule has 0 aliphatic rings. The monoisotopic (exact) mass is 139 g/mol. The van der Waals surface area contributed by atoms with Gasteiger partial charge in [-0.3, -0.25) is 4.68 Å². The molecule has 1 aromatic heterocycles. The van der Waals surface area contributed by atoms with Crippen molar-refractivity contribution in [2.45, 2.75) is 0 Å². The lowest BCUT2D eigenvalue weighted by molar-refractivity contribution is 0.0600. The molecule has 0 aromatic carbocycles. The van der Waals surface area contributed by atoms with Gasteiger partial charge in [0, 0.05) is 7.05 Å². The highest BCUT2D eigenvalue weighted by atomic mass is 16.5. The number of methoxy groups -OCH3 is 1. The van der Waals surface area contributed by atoms with Crippen LogP contribution >= 0.6 is 0 Å². The number of ether oxygens (including phenoxy) is 1. The summed E-state index contributed by atoms with van der Waals surface area (Å²) < 4.78 is 5.85. The number of carbonyl (C=O) groups excluding carboxylic acids is 1. The SMILES string of the molecule is COC(=O)c1[c]n(C)nc1. The Bertz CT molecular complexity index is 242. The van der Waals surface area contributed by atoms with Gasteiger partial charge in [0.15, 0.2) is 0 Å². The molecule has 0 amide bonds. The van der Waals surface area contributed by atoms with Crippen LogP contribution in [-0.4, -0.2) is 22.9 Å². The first kappa shape index (κ1) is 6.80. The molecule has 1 aromatic rings. The Morgan fingerprint density at radius 1 is 1.90 bits per heavy atom. The van der Waals surface area contributed by atoms with E-state index in [1.807, 2.05) is 0 Å². The summed E-state index contributed by atoms with van der Waals surface area (Å²) in [7, 11) is 3.01. The number of aryl methyl sites for hydroxylation is 1. The Balaban J connectivity index is 2.85. The lowest BCUT2D eigenvalue weighted by Gasteiger charge is -1.89. The zero-order valence-corrected chi connectivity index (χ0v) is 5.79. The van der Waals surface area contributed by atoms with Crippen LogP contribution in [0.4, 0.5) is 0 Å². The van der Waals surface area contributed by atoms with Gasteiger partial charge in [-0.05, 0) is 0 Å². The van der Waals surface area contributed by atoms with Crippen molar-refractivity contribution in [1.82, 2.24) is 9.78 Å². The second-order valence-corrected chi connectivity index (χ2v) is 1.79. The number of hydrogen-bond donors (Lipinski definition) is 0. The molecule has 0 bridgehead atoms. The molecular formula is C6H7N2O2. The van der Waals surface area contributed by atoms with E-state index in [9.17, 15) is 4.79 Å². The Kier molecular flexibility index (Phi) is 1.71. The summed E-state index contributed by atoms with van der Waals surface area (Å²) in [6.07, 6.45) is 4.07. The molecule has 53 valence electrons. The first-order valence-electron chi connectivity index (χ1n) is 2.73. The highest BCUT2D eigenvalue weighted by molar-refractivity contribution is 5.88. The van der Waals surface area contributed by atoms with Crippen LogP contribution < -0.4 is 0 Å². The molecule has 4 nitrogen and oxygen atoms in total. The molecule has 1 heterocycles. The standard InChI is InChI=1S/C6H7N2O2/c1-8-4-5(3-7-8)6(9)10-2/h3H,1-2H3. The fraction of sp³-hybridized carbons (Fsp3) is 0.333. The van der Waals surface area contributed by atoms with Crippen LogP contribution in [-0.2, 0) is 11.8 Å². The Morgan fingerprint density at radius 2 is 2.60 bits per heavy atom. The van der Waals surface area contributed by atoms with Crippen LogP contribution in [0.2, 0.25) is 0 Å². The molecule has 1 rings (SSSR count). The molecule has 0 spiro atoms. The van der Waals surface area contributed by atoms with Crippen LogP contribution in [0, 0.1) is 6.20 Å². The zero-order chi connectivity index (χ0) is 7.56. The first-order valence-corrected chi connectivity index (χ1v) is 2.73. The minimum absolute atomic E-state index is 0.352. The Hall–Kier alpha value is -1.32. The average Bonchev–Trinajstić information content (AvgIpc) is 2.34. The summed E-state index contributed by atoms with van der Waals surface area (Å²) in [6, 6.07) is 0. The van der Waals surface area contributed by atoms with E-state index >= 15 is 0 Å². The van der Waals surface area contributed by atoms with Gasteiger partial charge in [0.05, 0.1) is 13.3 Å². The minimum atomic E-state index is -0.409. The van der Waals surface area contributed by atoms with Gasteiger partial charge in [-0.15, -0.1) is 0 Å². The van der Waals surface area contributed by atoms with Crippen molar-refractivity contribution in [3.8, 4) is 0 Å². The maximum atomic E-state index is 10.7. The number of nitrogens with zero attached hydrogens (tertiary/aromatic N) is 2. The molecule has 0 fully saturated rings. The zero-order valence-electron chi connectivity index (χ0n) is 5.79. The molecule has 0 aliphatic carbocycles. The van der Waals surface area contributed by atoms with E-state index in [1.165, 1.54) is 18.0 Å². The van der Waals surface area contributed by atoms with E-state index in [1.54, 1.807) is 7.05 Å². The normalized spacial score (nSPS) is 9.40. The topological polar surface area (TPSA) is 44.1 Å². The third kappa shape index (κ3) is 1.15. The van der Waals surface area contributed by atoms with Crippen molar-refractivity contribution >= 4 is 5.97 Å². The molecule has 1 radical (unpaired) electrons. The molecule has 0 aliphatic heterocycles. The van der Waals surface area contributed by atoms with E-state index < -0.39 is 5.97 Å². The third-order valence-electron chi connectivity index (χ3n) is 1.05. The van der Waals surface area contributed by atoms with Crippen LogP contribution in [0.15, 0.2) is 6.20 Å². The molecule has 0 saturated carbocycles. The van der Waals surface area contributed by atoms with E-state index in [-0.39, 0.29) is 0 Å². The van der Waals surface area contributed by atoms with Crippen molar-refractivity contribution in [2.75, 3.05) is 7.11 Å². The molecule has 0 unspecified atom stereocenters. The fourth-order valence-electron chi connectivity index (χ4n) is 0.585. The van der Waals surface area contributed by atoms with Crippen molar-refractivity contribution in [3.05, 3.63) is 18.0 Å². The quantitative estimate of drug-likeness (QED) is 0.514. The van der Waals surface area contributed by atoms with E-state index in [4.69, 9.17) is 0 Å². The third-order valence-corrected chi connectivity index (χ3v) is 1.05. The van der Waals surface area contributed by atoms with Crippen molar-refractivity contribution in [2.24, 2.45) is 7.05 Å². The maximum Gasteiger partial charge on any atom is 0.341 e. The number of esters is 1. The minimum Gasteiger partial charge on any atom is -0.465 e. The predicted molar refractivity (Wildman–Crippen MR) is 33.4 cm³/mol. The second-order valence-electron chi connectivity index (χ2n) is 1.79. The number of hydrogen-bond acceptors (Lipinski definition) is 3. The smallest absolute Gasteiger partial charge is 0.341 e. The van der Waals surface area contributed by atoms with Crippen molar-refractivity contribution in [1.29, 1.82) is 0 Å². The van der Waals surface area contributed by atoms with Gasteiger partial charge < -0.3 is 4.74 Å². The van der Waals surface area contributed by atoms with Gasteiger partial charge in [-0.2, -0.15) is 5.10 Å². The summed E-state index contributed by atoms with van der Waals surface area (Å²) in [5, 5.41) is 3.75. The van der Waals surface area contributed by atoms with Gasteiger partial charge in [0.2, 0.25) is 0 Å². The fourth-order valence-corrected chi connectivity index (χ4v) is 0.585. The largest absolute Gasteiger partial charge is 0.465 e. The lowest BCUT2D eigenvalue weighted by Crippen LogP contribution is -1.99. The molecular weight excluding hydrogens is 132 g/mol. The van der Waals surface area contributed by atoms with Gasteiger partial charge in [0.25, 0.3) is 0 Å². The van der Waals surface area contributed by atoms with Gasteiger partial charge in [-0.1, -0.05) is 0 Å². The predicted octanol–water partition coefficient (Wildman–Crippen LogP) is 0.00689. The van der Waals surface area contributed by atoms with Crippen LogP contribution in [0.25, 0.3) is 0 Å². The summed E-state index contributed by atoms with van der Waals surface area (Å²) in [5.41, 5.74) is 0.352. The van der Waals surface area contributed by atoms with Crippen molar-refractivity contribution < 1.29 is 9.53 Å². The molecule has 0 atom stereocenters. The van der Waals surface area contributed by atoms with E-state index in [0.29, 0.717) is 5.56 Å². The average molecular weight is 139 g/mol. The van der Waals surface area contributed by atoms with Gasteiger partial charge in [-0.25, -0.2) is 4.79 Å². The first-order chi connectivity index (χ1) is 4.74. The van der Waals surface area contributed by atoms with E-state index in [0.717, 1.165) is 0 Å². The molecule has 10 heavy (non-hydrogen) atoms. The van der Waals surface area contributed by atoms with Gasteiger partial charge >= 0.3 is 5.97 Å². The van der Waals surface area contributed by atoms with Crippen molar-refractivity contribution in [3.63, 3.8) is 0 Å². The summed E-state index contributed by atoms with van der Waals surface area (Å²) in [6.45, 7) is 0. The Morgan fingerprint density at radius 3 is 3.00 bits per heavy atom. The summed E-state index contributed by atoms with van der Waals surface area (Å²) in [5.74, 6) is -0.409. The second kappa shape index (κ2) is 2.51. The van der Waals surface area contributed by atoms with Crippen LogP contribution in [0.5, 0.6) is 0 Å². The van der Waals surface area contributed by atoms with Gasteiger partial charge in [0.1, 0.15) is 11.8 Å². The maximum absolute atomic E-state index is 10.7. The van der Waals surface area contributed by atoms with E-state index in [2.05, 4.69) is 16.0 Å². The highest BCUT2D eigenvalue weighted by Gasteiger charge is 2.06. The molecule has 0 N–H and O–H groups in total. The Labute approximate surface area is 58.4 Å². The van der Waals surface area contributed by atoms with Crippen LogP contribution in [0.1, 0.15) is 10.4 Å². The molecule has 0 saturated heterocycles. The lowest BCUT2D eigenvalue weighted by atomic mass is 10.4. The number of rotatable bonds is 1.